The van der Waals surface area contributed by atoms with Crippen LogP contribution in [0.1, 0.15) is 13.3 Å². The lowest BCUT2D eigenvalue weighted by Crippen LogP contribution is -2.43. The third kappa shape index (κ3) is 2.59. The summed E-state index contributed by atoms with van der Waals surface area (Å²) in [5.74, 6) is 1.20. The number of aliphatic hydroxyl groups excluding tert-OH is 1. The summed E-state index contributed by atoms with van der Waals surface area (Å²) in [5.41, 5.74) is 0. The second-order valence-corrected chi connectivity index (χ2v) is 5.29. The Morgan fingerprint density at radius 1 is 1.30 bits per heavy atom. The molecule has 1 saturated heterocycles. The molecule has 2 aromatic heterocycles. The van der Waals surface area contributed by atoms with Gasteiger partial charge in [0.1, 0.15) is 6.33 Å². The number of β-amino-alcohol motifs (C(OH)–C–C–N with tert-alkyl or cyclic N) is 1. The Balaban J connectivity index is 1.90. The fourth-order valence-corrected chi connectivity index (χ4v) is 2.35. The van der Waals surface area contributed by atoms with Crippen molar-refractivity contribution in [3.05, 3.63) is 24.0 Å². The summed E-state index contributed by atoms with van der Waals surface area (Å²) in [6, 6.07) is 0. The van der Waals surface area contributed by atoms with Crippen molar-refractivity contribution in [2.75, 3.05) is 18.0 Å². The number of hydrogen-bond acceptors (Lipinski definition) is 6. The standard InChI is InChI=1S/C12H15ClN6O/c1-8-2-4-18(6-9(8)20)11-15-10(13)16-12(17-11)19-5-3-14-7-19/h3,5,7-9,20H,2,4,6H2,1H3. The zero-order chi connectivity index (χ0) is 14.1. The molecule has 3 rings (SSSR count). The number of halogens is 1. The first-order chi connectivity index (χ1) is 9.63. The molecule has 8 heteroatoms. The van der Waals surface area contributed by atoms with Gasteiger partial charge in [0.15, 0.2) is 0 Å². The summed E-state index contributed by atoms with van der Waals surface area (Å²) in [6.07, 6.45) is 5.50. The second-order valence-electron chi connectivity index (χ2n) is 4.95. The van der Waals surface area contributed by atoms with Crippen molar-refractivity contribution >= 4 is 17.5 Å². The summed E-state index contributed by atoms with van der Waals surface area (Å²) in [7, 11) is 0. The molecule has 2 aromatic rings. The van der Waals surface area contributed by atoms with Crippen molar-refractivity contribution in [3.63, 3.8) is 0 Å². The zero-order valence-corrected chi connectivity index (χ0v) is 11.8. The van der Waals surface area contributed by atoms with Gasteiger partial charge in [0.25, 0.3) is 0 Å². The highest BCUT2D eigenvalue weighted by Crippen LogP contribution is 2.21. The maximum absolute atomic E-state index is 9.97. The van der Waals surface area contributed by atoms with Crippen LogP contribution in [0.15, 0.2) is 18.7 Å². The molecule has 0 spiro atoms. The summed E-state index contributed by atoms with van der Waals surface area (Å²) in [5, 5.41) is 10.1. The fourth-order valence-electron chi connectivity index (χ4n) is 2.19. The maximum Gasteiger partial charge on any atom is 0.241 e. The monoisotopic (exact) mass is 294 g/mol. The molecule has 1 fully saturated rings. The fraction of sp³-hybridized carbons (Fsp3) is 0.500. The van der Waals surface area contributed by atoms with Gasteiger partial charge in [-0.1, -0.05) is 6.92 Å². The highest BCUT2D eigenvalue weighted by atomic mass is 35.5. The first-order valence-electron chi connectivity index (χ1n) is 6.46. The Kier molecular flexibility index (Phi) is 3.54. The highest BCUT2D eigenvalue weighted by Gasteiger charge is 2.26. The van der Waals surface area contributed by atoms with Gasteiger partial charge in [-0.2, -0.15) is 15.0 Å². The van der Waals surface area contributed by atoms with Crippen LogP contribution < -0.4 is 4.90 Å². The SMILES string of the molecule is CC1CCN(c2nc(Cl)nc(-n3ccnc3)n2)CC1O. The number of anilines is 1. The molecule has 0 radical (unpaired) electrons. The van der Waals surface area contributed by atoms with Gasteiger partial charge in [-0.15, -0.1) is 0 Å². The molecule has 106 valence electrons. The van der Waals surface area contributed by atoms with Crippen LogP contribution in [0.3, 0.4) is 0 Å². The van der Waals surface area contributed by atoms with Crippen LogP contribution >= 0.6 is 11.6 Å². The van der Waals surface area contributed by atoms with Crippen LogP contribution in [0, 0.1) is 5.92 Å². The number of aromatic nitrogens is 5. The third-order valence-electron chi connectivity index (χ3n) is 3.52. The third-order valence-corrected chi connectivity index (χ3v) is 3.69. The maximum atomic E-state index is 9.97. The van der Waals surface area contributed by atoms with E-state index in [4.69, 9.17) is 11.6 Å². The zero-order valence-electron chi connectivity index (χ0n) is 11.0. The number of hydrogen-bond donors (Lipinski definition) is 1. The van der Waals surface area contributed by atoms with Gasteiger partial charge < -0.3 is 10.0 Å². The van der Waals surface area contributed by atoms with Gasteiger partial charge in [-0.05, 0) is 23.9 Å². The summed E-state index contributed by atoms with van der Waals surface area (Å²) < 4.78 is 1.67. The predicted octanol–water partition coefficient (Wildman–Crippen LogP) is 0.918. The molecule has 7 nitrogen and oxygen atoms in total. The largest absolute Gasteiger partial charge is 0.391 e. The van der Waals surface area contributed by atoms with E-state index in [0.29, 0.717) is 18.4 Å². The first-order valence-corrected chi connectivity index (χ1v) is 6.84. The number of rotatable bonds is 2. The van der Waals surface area contributed by atoms with Gasteiger partial charge in [-0.3, -0.25) is 4.57 Å². The highest BCUT2D eigenvalue weighted by molar-refractivity contribution is 6.28. The molecule has 20 heavy (non-hydrogen) atoms. The Bertz CT molecular complexity index is 590. The minimum absolute atomic E-state index is 0.131. The van der Waals surface area contributed by atoms with Crippen LogP contribution in [0.4, 0.5) is 5.95 Å². The van der Waals surface area contributed by atoms with Crippen LogP contribution in [0.25, 0.3) is 5.95 Å². The Hall–Kier alpha value is -1.73. The van der Waals surface area contributed by atoms with E-state index >= 15 is 0 Å². The molecule has 3 heterocycles. The van der Waals surface area contributed by atoms with E-state index < -0.39 is 0 Å². The molecule has 0 amide bonds. The topological polar surface area (TPSA) is 80.0 Å². The normalized spacial score (nSPS) is 23.1. The van der Waals surface area contributed by atoms with Gasteiger partial charge in [0.05, 0.1) is 6.10 Å². The van der Waals surface area contributed by atoms with E-state index in [9.17, 15) is 5.11 Å². The van der Waals surface area contributed by atoms with Crippen molar-refractivity contribution < 1.29 is 5.11 Å². The molecule has 1 aliphatic heterocycles. The van der Waals surface area contributed by atoms with Crippen molar-refractivity contribution in [1.29, 1.82) is 0 Å². The molecule has 0 aromatic carbocycles. The number of nitrogens with zero attached hydrogens (tertiary/aromatic N) is 6. The van der Waals surface area contributed by atoms with Crippen LogP contribution in [0.5, 0.6) is 0 Å². The first kappa shape index (κ1) is 13.3. The van der Waals surface area contributed by atoms with Crippen LogP contribution in [-0.4, -0.2) is 48.8 Å². The second kappa shape index (κ2) is 5.34. The van der Waals surface area contributed by atoms with Crippen molar-refractivity contribution in [1.82, 2.24) is 24.5 Å². The lowest BCUT2D eigenvalue weighted by Gasteiger charge is -2.34. The van der Waals surface area contributed by atoms with E-state index in [-0.39, 0.29) is 17.3 Å². The number of aliphatic hydroxyl groups is 1. The molecule has 0 aliphatic carbocycles. The Labute approximate surface area is 121 Å². The van der Waals surface area contributed by atoms with E-state index in [1.165, 1.54) is 0 Å². The van der Waals surface area contributed by atoms with E-state index in [2.05, 4.69) is 19.9 Å². The van der Waals surface area contributed by atoms with Gasteiger partial charge in [0, 0.05) is 25.5 Å². The van der Waals surface area contributed by atoms with Gasteiger partial charge in [-0.25, -0.2) is 4.98 Å². The van der Waals surface area contributed by atoms with Crippen molar-refractivity contribution in [2.24, 2.45) is 5.92 Å². The average Bonchev–Trinajstić information content (AvgIpc) is 2.95. The molecular weight excluding hydrogens is 280 g/mol. The Morgan fingerprint density at radius 3 is 2.80 bits per heavy atom. The lowest BCUT2D eigenvalue weighted by molar-refractivity contribution is 0.102. The molecule has 1 N–H and O–H groups in total. The lowest BCUT2D eigenvalue weighted by atomic mass is 9.96. The van der Waals surface area contributed by atoms with Crippen LogP contribution in [0.2, 0.25) is 5.28 Å². The molecule has 2 unspecified atom stereocenters. The van der Waals surface area contributed by atoms with Gasteiger partial charge in [0.2, 0.25) is 17.2 Å². The van der Waals surface area contributed by atoms with Crippen molar-refractivity contribution in [3.8, 4) is 5.95 Å². The Morgan fingerprint density at radius 2 is 2.10 bits per heavy atom. The minimum atomic E-state index is -0.379. The molecule has 0 bridgehead atoms. The molecule has 2 atom stereocenters. The summed E-state index contributed by atoms with van der Waals surface area (Å²) in [6.45, 7) is 3.34. The van der Waals surface area contributed by atoms with Crippen LogP contribution in [-0.2, 0) is 0 Å². The molecule has 1 aliphatic rings. The minimum Gasteiger partial charge on any atom is -0.391 e. The van der Waals surface area contributed by atoms with E-state index in [1.807, 2.05) is 11.8 Å². The van der Waals surface area contributed by atoms with Gasteiger partial charge >= 0.3 is 0 Å². The average molecular weight is 295 g/mol. The summed E-state index contributed by atoms with van der Waals surface area (Å²) in [4.78, 5) is 18.5. The van der Waals surface area contributed by atoms with Crippen molar-refractivity contribution in [2.45, 2.75) is 19.4 Å². The quantitative estimate of drug-likeness (QED) is 0.887. The van der Waals surface area contributed by atoms with E-state index in [0.717, 1.165) is 13.0 Å². The smallest absolute Gasteiger partial charge is 0.241 e. The molecular formula is C12H15ClN6O. The number of imidazole rings is 1. The summed E-state index contributed by atoms with van der Waals surface area (Å²) >= 11 is 5.97. The number of piperidine rings is 1. The molecule has 0 saturated carbocycles. The predicted molar refractivity (Wildman–Crippen MR) is 74.0 cm³/mol. The van der Waals surface area contributed by atoms with E-state index in [1.54, 1.807) is 23.3 Å².